The van der Waals surface area contributed by atoms with Crippen LogP contribution >= 0.6 is 0 Å². The SMILES string of the molecule is CCC(O)(CC)CNC(=O)c1cc(F)c(C)cc1F. The molecule has 0 bridgehead atoms. The molecule has 0 saturated heterocycles. The normalized spacial score (nSPS) is 11.5. The highest BCUT2D eigenvalue weighted by Gasteiger charge is 2.24. The van der Waals surface area contributed by atoms with Crippen molar-refractivity contribution in [2.45, 2.75) is 39.2 Å². The standard InChI is InChI=1S/C14H19F2NO2/c1-4-14(19,5-2)8-17-13(18)10-7-11(15)9(3)6-12(10)16/h6-7,19H,4-5,8H2,1-3H3,(H,17,18). The highest BCUT2D eigenvalue weighted by atomic mass is 19.1. The van der Waals surface area contributed by atoms with Crippen molar-refractivity contribution in [3.8, 4) is 0 Å². The number of nitrogens with one attached hydrogen (secondary N) is 1. The van der Waals surface area contributed by atoms with Crippen molar-refractivity contribution in [1.82, 2.24) is 5.32 Å². The number of aliphatic hydroxyl groups is 1. The maximum Gasteiger partial charge on any atom is 0.254 e. The number of rotatable bonds is 5. The number of carbonyl (C=O) groups is 1. The number of hydrogen-bond donors (Lipinski definition) is 2. The lowest BCUT2D eigenvalue weighted by molar-refractivity contribution is 0.0313. The van der Waals surface area contributed by atoms with Gasteiger partial charge in [0.25, 0.3) is 5.91 Å². The maximum atomic E-state index is 13.6. The van der Waals surface area contributed by atoms with E-state index in [2.05, 4.69) is 5.32 Å². The summed E-state index contributed by atoms with van der Waals surface area (Å²) in [4.78, 5) is 11.8. The highest BCUT2D eigenvalue weighted by molar-refractivity contribution is 5.94. The fraction of sp³-hybridized carbons (Fsp3) is 0.500. The molecular formula is C14H19F2NO2. The topological polar surface area (TPSA) is 49.3 Å². The first-order valence-electron chi connectivity index (χ1n) is 6.29. The van der Waals surface area contributed by atoms with Crippen molar-refractivity contribution >= 4 is 5.91 Å². The smallest absolute Gasteiger partial charge is 0.254 e. The first-order chi connectivity index (χ1) is 8.83. The Kier molecular flexibility index (Phi) is 5.00. The van der Waals surface area contributed by atoms with E-state index in [0.29, 0.717) is 12.8 Å². The van der Waals surface area contributed by atoms with Crippen molar-refractivity contribution in [3.63, 3.8) is 0 Å². The van der Waals surface area contributed by atoms with Crippen LogP contribution in [0.25, 0.3) is 0 Å². The molecule has 106 valence electrons. The van der Waals surface area contributed by atoms with E-state index in [1.54, 1.807) is 13.8 Å². The van der Waals surface area contributed by atoms with E-state index in [0.717, 1.165) is 12.1 Å². The van der Waals surface area contributed by atoms with Crippen LogP contribution in [0.1, 0.15) is 42.6 Å². The molecule has 0 unspecified atom stereocenters. The first kappa shape index (κ1) is 15.6. The Morgan fingerprint density at radius 2 is 1.84 bits per heavy atom. The molecule has 0 saturated carbocycles. The summed E-state index contributed by atoms with van der Waals surface area (Å²) >= 11 is 0. The van der Waals surface area contributed by atoms with E-state index in [9.17, 15) is 18.7 Å². The van der Waals surface area contributed by atoms with Crippen molar-refractivity contribution in [2.75, 3.05) is 6.54 Å². The Hall–Kier alpha value is -1.49. The van der Waals surface area contributed by atoms with Crippen LogP contribution in [0.2, 0.25) is 0 Å². The van der Waals surface area contributed by atoms with Crippen LogP contribution in [0.5, 0.6) is 0 Å². The monoisotopic (exact) mass is 271 g/mol. The Morgan fingerprint density at radius 1 is 1.26 bits per heavy atom. The van der Waals surface area contributed by atoms with Crippen LogP contribution in [-0.2, 0) is 0 Å². The lowest BCUT2D eigenvalue weighted by Gasteiger charge is -2.25. The molecule has 1 aromatic rings. The van der Waals surface area contributed by atoms with Crippen LogP contribution in [0.3, 0.4) is 0 Å². The molecule has 0 aromatic heterocycles. The van der Waals surface area contributed by atoms with Crippen molar-refractivity contribution in [1.29, 1.82) is 0 Å². The van der Waals surface area contributed by atoms with Crippen LogP contribution < -0.4 is 5.32 Å². The van der Waals surface area contributed by atoms with Gasteiger partial charge in [0, 0.05) is 6.54 Å². The zero-order valence-corrected chi connectivity index (χ0v) is 11.4. The van der Waals surface area contributed by atoms with Gasteiger partial charge in [0.15, 0.2) is 0 Å². The molecule has 1 rings (SSSR count). The summed E-state index contributed by atoms with van der Waals surface area (Å²) in [6.45, 7) is 5.02. The van der Waals surface area contributed by atoms with Crippen LogP contribution in [0, 0.1) is 18.6 Å². The zero-order chi connectivity index (χ0) is 14.6. The number of carbonyl (C=O) groups excluding carboxylic acids is 1. The summed E-state index contributed by atoms with van der Waals surface area (Å²) in [5.41, 5.74) is -1.22. The van der Waals surface area contributed by atoms with Crippen LogP contribution in [0.4, 0.5) is 8.78 Å². The van der Waals surface area contributed by atoms with Gasteiger partial charge in [-0.25, -0.2) is 8.78 Å². The van der Waals surface area contributed by atoms with E-state index >= 15 is 0 Å². The van der Waals surface area contributed by atoms with E-state index in [4.69, 9.17) is 0 Å². The lowest BCUT2D eigenvalue weighted by atomic mass is 9.97. The van der Waals surface area contributed by atoms with Crippen molar-refractivity contribution in [3.05, 3.63) is 34.9 Å². The van der Waals surface area contributed by atoms with Gasteiger partial charge in [0.1, 0.15) is 11.6 Å². The largest absolute Gasteiger partial charge is 0.388 e. The molecule has 0 fully saturated rings. The average Bonchev–Trinajstić information content (AvgIpc) is 2.39. The molecule has 1 amide bonds. The summed E-state index contributed by atoms with van der Waals surface area (Å²) < 4.78 is 26.9. The second-order valence-corrected chi connectivity index (χ2v) is 4.70. The second kappa shape index (κ2) is 6.10. The molecule has 0 heterocycles. The summed E-state index contributed by atoms with van der Waals surface area (Å²) in [5.74, 6) is -2.13. The van der Waals surface area contributed by atoms with E-state index in [1.807, 2.05) is 0 Å². The second-order valence-electron chi connectivity index (χ2n) is 4.70. The van der Waals surface area contributed by atoms with Gasteiger partial charge in [-0.3, -0.25) is 4.79 Å². The molecule has 0 radical (unpaired) electrons. The number of benzene rings is 1. The molecule has 2 N–H and O–H groups in total. The van der Waals surface area contributed by atoms with E-state index in [-0.39, 0.29) is 17.7 Å². The molecular weight excluding hydrogens is 252 g/mol. The quantitative estimate of drug-likeness (QED) is 0.864. The number of hydrogen-bond acceptors (Lipinski definition) is 2. The van der Waals surface area contributed by atoms with Gasteiger partial charge in [0.2, 0.25) is 0 Å². The minimum Gasteiger partial charge on any atom is -0.388 e. The van der Waals surface area contributed by atoms with E-state index < -0.39 is 23.1 Å². The van der Waals surface area contributed by atoms with E-state index in [1.165, 1.54) is 6.92 Å². The Balaban J connectivity index is 2.82. The van der Waals surface area contributed by atoms with Crippen LogP contribution in [0.15, 0.2) is 12.1 Å². The summed E-state index contributed by atoms with van der Waals surface area (Å²) in [5, 5.41) is 12.4. The Labute approximate surface area is 111 Å². The average molecular weight is 271 g/mol. The van der Waals surface area contributed by atoms with Gasteiger partial charge in [0.05, 0.1) is 11.2 Å². The van der Waals surface area contributed by atoms with Crippen molar-refractivity contribution < 1.29 is 18.7 Å². The van der Waals surface area contributed by atoms with Gasteiger partial charge in [-0.05, 0) is 37.5 Å². The van der Waals surface area contributed by atoms with Gasteiger partial charge in [-0.15, -0.1) is 0 Å². The third-order valence-electron chi connectivity index (χ3n) is 3.39. The maximum absolute atomic E-state index is 13.6. The molecule has 0 atom stereocenters. The molecule has 19 heavy (non-hydrogen) atoms. The first-order valence-corrected chi connectivity index (χ1v) is 6.29. The molecule has 0 spiro atoms. The van der Waals surface area contributed by atoms with Gasteiger partial charge in [-0.2, -0.15) is 0 Å². The third kappa shape index (κ3) is 3.73. The molecule has 0 aliphatic carbocycles. The molecule has 0 aliphatic heterocycles. The minimum absolute atomic E-state index is 0.00771. The van der Waals surface area contributed by atoms with Gasteiger partial charge in [-0.1, -0.05) is 13.8 Å². The van der Waals surface area contributed by atoms with Gasteiger partial charge >= 0.3 is 0 Å². The molecule has 1 aromatic carbocycles. The highest BCUT2D eigenvalue weighted by Crippen LogP contribution is 2.16. The minimum atomic E-state index is -1.02. The number of aryl methyl sites for hydroxylation is 1. The molecule has 3 nitrogen and oxygen atoms in total. The number of halogens is 2. The fourth-order valence-electron chi connectivity index (χ4n) is 1.66. The predicted molar refractivity (Wildman–Crippen MR) is 69.0 cm³/mol. The molecule has 0 aliphatic rings. The third-order valence-corrected chi connectivity index (χ3v) is 3.39. The fourth-order valence-corrected chi connectivity index (χ4v) is 1.66. The van der Waals surface area contributed by atoms with Crippen LogP contribution in [-0.4, -0.2) is 23.2 Å². The Morgan fingerprint density at radius 3 is 2.37 bits per heavy atom. The summed E-state index contributed by atoms with van der Waals surface area (Å²) in [7, 11) is 0. The lowest BCUT2D eigenvalue weighted by Crippen LogP contribution is -2.42. The number of amides is 1. The predicted octanol–water partition coefficient (Wildman–Crippen LogP) is 2.55. The zero-order valence-electron chi connectivity index (χ0n) is 11.4. The molecule has 5 heteroatoms. The van der Waals surface area contributed by atoms with Gasteiger partial charge < -0.3 is 10.4 Å². The Bertz CT molecular complexity index is 471. The summed E-state index contributed by atoms with van der Waals surface area (Å²) in [6.07, 6.45) is 0.934. The summed E-state index contributed by atoms with van der Waals surface area (Å²) in [6, 6.07) is 1.85. The van der Waals surface area contributed by atoms with Crippen molar-refractivity contribution in [2.24, 2.45) is 0 Å².